The molecule has 1 aromatic carbocycles. The van der Waals surface area contributed by atoms with Gasteiger partial charge < -0.3 is 21.4 Å². The van der Waals surface area contributed by atoms with Crippen molar-refractivity contribution in [2.24, 2.45) is 5.10 Å². The topological polar surface area (TPSA) is 67.5 Å². The number of benzene rings is 1. The molecule has 0 fully saturated rings. The minimum atomic E-state index is -0.379. The molecule has 0 amide bonds. The standard InChI is InChI=1S/C20H23N3O2S.BrH/c1-2-3-4-5-6-9-12-21-23-20-22-17(14-26-20)16-13-15-10-7-8-11-18(15)25-19(16)24;/h7-8,10-14H,2-6,9H2,1H3,(H,22,23);1H/p-1/b21-12-;. The molecule has 0 radical (unpaired) electrons. The van der Waals surface area contributed by atoms with Gasteiger partial charge in [-0.3, -0.25) is 5.43 Å². The number of thiazole rings is 1. The highest BCUT2D eigenvalue weighted by Crippen LogP contribution is 2.25. The van der Waals surface area contributed by atoms with Crippen molar-refractivity contribution in [1.29, 1.82) is 0 Å². The smallest absolute Gasteiger partial charge is 0.345 e. The molecule has 27 heavy (non-hydrogen) atoms. The normalized spacial score (nSPS) is 11.0. The molecule has 1 N–H and O–H groups in total. The van der Waals surface area contributed by atoms with Crippen LogP contribution in [0.25, 0.3) is 22.2 Å². The fraction of sp³-hybridized carbons (Fsp3) is 0.350. The Hall–Kier alpha value is -1.99. The first-order valence-electron chi connectivity index (χ1n) is 9.04. The van der Waals surface area contributed by atoms with E-state index in [2.05, 4.69) is 22.4 Å². The molecular formula is C20H23BrN3O2S-. The summed E-state index contributed by atoms with van der Waals surface area (Å²) in [6.07, 6.45) is 9.12. The fourth-order valence-corrected chi connectivity index (χ4v) is 3.35. The average Bonchev–Trinajstić information content (AvgIpc) is 3.12. The summed E-state index contributed by atoms with van der Waals surface area (Å²) in [5.74, 6) is 0. The van der Waals surface area contributed by atoms with Crippen molar-refractivity contribution >= 4 is 33.7 Å². The van der Waals surface area contributed by atoms with Crippen LogP contribution in [0.2, 0.25) is 0 Å². The van der Waals surface area contributed by atoms with Gasteiger partial charge in [0.05, 0.1) is 11.3 Å². The second-order valence-electron chi connectivity index (χ2n) is 6.15. The summed E-state index contributed by atoms with van der Waals surface area (Å²) in [5.41, 5.74) is 4.21. The van der Waals surface area contributed by atoms with Gasteiger partial charge in [-0.2, -0.15) is 5.10 Å². The van der Waals surface area contributed by atoms with Crippen molar-refractivity contribution in [3.05, 3.63) is 46.1 Å². The number of hydrogen-bond acceptors (Lipinski definition) is 6. The van der Waals surface area contributed by atoms with Crippen LogP contribution in [0.15, 0.2) is 50.0 Å². The predicted octanol–water partition coefficient (Wildman–Crippen LogP) is 2.68. The highest BCUT2D eigenvalue weighted by atomic mass is 79.9. The summed E-state index contributed by atoms with van der Waals surface area (Å²) < 4.78 is 5.37. The number of nitrogens with zero attached hydrogens (tertiary/aromatic N) is 2. The van der Waals surface area contributed by atoms with E-state index >= 15 is 0 Å². The third kappa shape index (κ3) is 6.01. The summed E-state index contributed by atoms with van der Waals surface area (Å²) in [4.78, 5) is 16.6. The molecular weight excluding hydrogens is 426 g/mol. The van der Waals surface area contributed by atoms with Crippen LogP contribution in [0.5, 0.6) is 0 Å². The third-order valence-electron chi connectivity index (χ3n) is 4.11. The van der Waals surface area contributed by atoms with E-state index in [1.807, 2.05) is 35.9 Å². The van der Waals surface area contributed by atoms with Crippen molar-refractivity contribution in [2.45, 2.75) is 45.4 Å². The Kier molecular flexibility index (Phi) is 8.67. The van der Waals surface area contributed by atoms with E-state index < -0.39 is 0 Å². The quantitative estimate of drug-likeness (QED) is 0.236. The Labute approximate surface area is 173 Å². The van der Waals surface area contributed by atoms with Gasteiger partial charge in [0.15, 0.2) is 0 Å². The van der Waals surface area contributed by atoms with Gasteiger partial charge in [-0.05, 0) is 25.0 Å². The molecule has 0 saturated carbocycles. The van der Waals surface area contributed by atoms with Crippen LogP contribution in [0.3, 0.4) is 0 Å². The molecule has 0 saturated heterocycles. The zero-order valence-electron chi connectivity index (χ0n) is 15.3. The molecule has 0 aliphatic carbocycles. The maximum atomic E-state index is 12.2. The van der Waals surface area contributed by atoms with E-state index in [-0.39, 0.29) is 22.6 Å². The molecule has 2 heterocycles. The molecule has 3 rings (SSSR count). The number of nitrogens with one attached hydrogen (secondary N) is 1. The van der Waals surface area contributed by atoms with Crippen LogP contribution in [-0.4, -0.2) is 11.2 Å². The van der Waals surface area contributed by atoms with Gasteiger partial charge in [0, 0.05) is 17.0 Å². The first-order valence-corrected chi connectivity index (χ1v) is 9.92. The van der Waals surface area contributed by atoms with Crippen LogP contribution in [0.4, 0.5) is 5.13 Å². The molecule has 0 aliphatic heterocycles. The third-order valence-corrected chi connectivity index (χ3v) is 4.86. The molecule has 3 aromatic rings. The van der Waals surface area contributed by atoms with Gasteiger partial charge in [-0.1, -0.05) is 50.8 Å². The lowest BCUT2D eigenvalue weighted by molar-refractivity contribution is -0.00000583. The van der Waals surface area contributed by atoms with Gasteiger partial charge in [-0.25, -0.2) is 9.78 Å². The van der Waals surface area contributed by atoms with Gasteiger partial charge in [-0.15, -0.1) is 11.3 Å². The molecule has 0 atom stereocenters. The zero-order chi connectivity index (χ0) is 18.2. The summed E-state index contributed by atoms with van der Waals surface area (Å²) in [6, 6.07) is 9.28. The van der Waals surface area contributed by atoms with E-state index in [0.29, 0.717) is 22.0 Å². The van der Waals surface area contributed by atoms with Crippen molar-refractivity contribution < 1.29 is 21.4 Å². The van der Waals surface area contributed by atoms with Crippen LogP contribution >= 0.6 is 11.3 Å². The number of hydrazone groups is 1. The van der Waals surface area contributed by atoms with Crippen molar-refractivity contribution in [3.63, 3.8) is 0 Å². The van der Waals surface area contributed by atoms with Crippen LogP contribution in [0, 0.1) is 0 Å². The Balaban J connectivity index is 0.00000261. The molecule has 7 heteroatoms. The molecule has 144 valence electrons. The number of hydrogen-bond donors (Lipinski definition) is 1. The molecule has 2 aromatic heterocycles. The molecule has 0 spiro atoms. The minimum absolute atomic E-state index is 0. The van der Waals surface area contributed by atoms with Gasteiger partial charge in [0.25, 0.3) is 0 Å². The Morgan fingerprint density at radius 2 is 2.04 bits per heavy atom. The van der Waals surface area contributed by atoms with E-state index in [1.165, 1.54) is 37.0 Å². The maximum absolute atomic E-state index is 12.2. The number of halogens is 1. The van der Waals surface area contributed by atoms with Crippen molar-refractivity contribution in [2.75, 3.05) is 5.43 Å². The van der Waals surface area contributed by atoms with E-state index in [0.717, 1.165) is 18.2 Å². The Morgan fingerprint density at radius 3 is 2.89 bits per heavy atom. The van der Waals surface area contributed by atoms with Crippen LogP contribution in [0.1, 0.15) is 45.4 Å². The van der Waals surface area contributed by atoms with Gasteiger partial charge in [0.1, 0.15) is 5.58 Å². The summed E-state index contributed by atoms with van der Waals surface area (Å²) in [6.45, 7) is 2.22. The predicted molar refractivity (Wildman–Crippen MR) is 109 cm³/mol. The van der Waals surface area contributed by atoms with Crippen molar-refractivity contribution in [3.8, 4) is 11.3 Å². The molecule has 5 nitrogen and oxygen atoms in total. The monoisotopic (exact) mass is 448 g/mol. The lowest BCUT2D eigenvalue weighted by Gasteiger charge is -1.99. The number of para-hydroxylation sites is 1. The van der Waals surface area contributed by atoms with E-state index in [1.54, 1.807) is 6.07 Å². The fourth-order valence-electron chi connectivity index (χ4n) is 2.69. The second kappa shape index (κ2) is 11.0. The van der Waals surface area contributed by atoms with Gasteiger partial charge >= 0.3 is 5.63 Å². The first-order chi connectivity index (χ1) is 12.8. The number of unbranched alkanes of at least 4 members (excludes halogenated alkanes) is 5. The zero-order valence-corrected chi connectivity index (χ0v) is 17.7. The Morgan fingerprint density at radius 1 is 1.22 bits per heavy atom. The highest BCUT2D eigenvalue weighted by Gasteiger charge is 2.11. The number of aromatic nitrogens is 1. The number of anilines is 1. The largest absolute Gasteiger partial charge is 1.00 e. The highest BCUT2D eigenvalue weighted by molar-refractivity contribution is 7.14. The summed E-state index contributed by atoms with van der Waals surface area (Å²) >= 11 is 1.42. The second-order valence-corrected chi connectivity index (χ2v) is 7.01. The number of rotatable bonds is 9. The Bertz CT molecular complexity index is 936. The minimum Gasteiger partial charge on any atom is -1.00 e. The first kappa shape index (κ1) is 21.3. The SMILES string of the molecule is CCCCCCC/C=N\Nc1nc(-c2cc3ccccc3oc2=O)cs1.[Br-]. The maximum Gasteiger partial charge on any atom is 0.345 e. The van der Waals surface area contributed by atoms with E-state index in [4.69, 9.17) is 4.42 Å². The molecule has 0 bridgehead atoms. The van der Waals surface area contributed by atoms with Crippen molar-refractivity contribution in [1.82, 2.24) is 4.98 Å². The lowest BCUT2D eigenvalue weighted by Crippen LogP contribution is -3.00. The van der Waals surface area contributed by atoms with Crippen LogP contribution < -0.4 is 28.0 Å². The van der Waals surface area contributed by atoms with E-state index in [9.17, 15) is 4.79 Å². The van der Waals surface area contributed by atoms with Gasteiger partial charge in [0.2, 0.25) is 5.13 Å². The summed E-state index contributed by atoms with van der Waals surface area (Å²) in [7, 11) is 0. The van der Waals surface area contributed by atoms with Crippen LogP contribution in [-0.2, 0) is 0 Å². The average molecular weight is 449 g/mol. The molecule has 0 aliphatic rings. The summed E-state index contributed by atoms with van der Waals surface area (Å²) in [5, 5.41) is 7.59. The molecule has 0 unspecified atom stereocenters. The lowest BCUT2D eigenvalue weighted by atomic mass is 10.1. The number of fused-ring (bicyclic) bond motifs is 1.